The molecule has 31 heavy (non-hydrogen) atoms. The Morgan fingerprint density at radius 3 is 2.52 bits per heavy atom. The summed E-state index contributed by atoms with van der Waals surface area (Å²) >= 11 is 0. The van der Waals surface area contributed by atoms with Crippen molar-refractivity contribution < 1.29 is 23.5 Å². The first-order chi connectivity index (χ1) is 14.5. The number of methoxy groups -OCH3 is 1. The second-order valence-corrected chi connectivity index (χ2v) is 14.7. The molecular weight excluding hydrogens is 412 g/mol. The number of fused-ring (bicyclic) bond motifs is 2. The minimum Gasteiger partial charge on any atom is -0.493 e. The maximum absolute atomic E-state index is 13.4. The zero-order valence-corrected chi connectivity index (χ0v) is 20.8. The number of unbranched alkanes of at least 4 members (excludes halogenated alkanes) is 1. The van der Waals surface area contributed by atoms with Crippen molar-refractivity contribution in [2.24, 2.45) is 0 Å². The summed E-state index contributed by atoms with van der Waals surface area (Å²) in [5, 5.41) is 2.99. The van der Waals surface area contributed by atoms with Crippen LogP contribution in [0.15, 0.2) is 12.1 Å². The summed E-state index contributed by atoms with van der Waals surface area (Å²) in [6.07, 6.45) is 2.29. The highest BCUT2D eigenvalue weighted by Crippen LogP contribution is 2.41. The van der Waals surface area contributed by atoms with Crippen molar-refractivity contribution in [3.05, 3.63) is 17.7 Å². The summed E-state index contributed by atoms with van der Waals surface area (Å²) < 4.78 is 17.8. The van der Waals surface area contributed by atoms with Gasteiger partial charge in [0.1, 0.15) is 6.04 Å². The Balaban J connectivity index is 1.87. The van der Waals surface area contributed by atoms with E-state index in [1.807, 2.05) is 0 Å². The van der Waals surface area contributed by atoms with Crippen molar-refractivity contribution in [2.45, 2.75) is 77.2 Å². The van der Waals surface area contributed by atoms with E-state index >= 15 is 0 Å². The van der Waals surface area contributed by atoms with Gasteiger partial charge in [0.15, 0.2) is 19.8 Å². The van der Waals surface area contributed by atoms with Crippen LogP contribution in [-0.4, -0.2) is 57.4 Å². The molecule has 3 rings (SSSR count). The van der Waals surface area contributed by atoms with Crippen LogP contribution < -0.4 is 14.8 Å². The average Bonchev–Trinajstić information content (AvgIpc) is 3.07. The van der Waals surface area contributed by atoms with Crippen molar-refractivity contribution in [3.63, 3.8) is 0 Å². The molecule has 1 aromatic rings. The van der Waals surface area contributed by atoms with E-state index < -0.39 is 14.4 Å². The number of amides is 2. The van der Waals surface area contributed by atoms with Crippen LogP contribution in [0.25, 0.3) is 0 Å². The molecule has 2 heterocycles. The molecule has 1 fully saturated rings. The molecule has 7 nitrogen and oxygen atoms in total. The van der Waals surface area contributed by atoms with Crippen molar-refractivity contribution in [1.82, 2.24) is 4.90 Å². The van der Waals surface area contributed by atoms with E-state index in [9.17, 15) is 9.59 Å². The number of carbonyl (C=O) groups is 2. The molecule has 1 aromatic carbocycles. The number of anilines is 1. The lowest BCUT2D eigenvalue weighted by molar-refractivity contribution is -0.119. The fourth-order valence-electron chi connectivity index (χ4n) is 3.76. The molecule has 2 atom stereocenters. The Hall–Kier alpha value is -2.06. The molecule has 172 valence electrons. The van der Waals surface area contributed by atoms with E-state index in [0.29, 0.717) is 42.3 Å². The minimum atomic E-state index is -2.01. The maximum Gasteiger partial charge on any atom is 0.256 e. The summed E-state index contributed by atoms with van der Waals surface area (Å²) in [5.41, 5.74) is 0.891. The third-order valence-electron chi connectivity index (χ3n) is 6.64. The molecule has 2 amide bonds. The van der Waals surface area contributed by atoms with Gasteiger partial charge in [-0.25, -0.2) is 0 Å². The molecule has 0 aromatic heterocycles. The van der Waals surface area contributed by atoms with Crippen LogP contribution in [0.1, 0.15) is 57.3 Å². The summed E-state index contributed by atoms with van der Waals surface area (Å²) in [4.78, 5) is 28.1. The zero-order chi connectivity index (χ0) is 23.0. The number of carbonyl (C=O) groups excluding carboxylic acids is 2. The smallest absolute Gasteiger partial charge is 0.256 e. The first kappa shape index (κ1) is 23.6. The van der Waals surface area contributed by atoms with Gasteiger partial charge in [0.25, 0.3) is 5.91 Å². The molecule has 2 aliphatic heterocycles. The Labute approximate surface area is 186 Å². The van der Waals surface area contributed by atoms with Gasteiger partial charge in [-0.15, -0.1) is 0 Å². The number of rotatable bonds is 7. The molecule has 1 saturated heterocycles. The second-order valence-electron chi connectivity index (χ2n) is 9.95. The van der Waals surface area contributed by atoms with Gasteiger partial charge in [-0.05, 0) is 30.6 Å². The molecular formula is C23H36N2O5Si. The Kier molecular flexibility index (Phi) is 6.71. The van der Waals surface area contributed by atoms with Crippen LogP contribution in [0.3, 0.4) is 0 Å². The minimum absolute atomic E-state index is 0.0626. The van der Waals surface area contributed by atoms with E-state index in [4.69, 9.17) is 13.9 Å². The summed E-state index contributed by atoms with van der Waals surface area (Å²) in [7, 11) is -0.457. The van der Waals surface area contributed by atoms with E-state index in [-0.39, 0.29) is 23.0 Å². The highest BCUT2D eigenvalue weighted by molar-refractivity contribution is 6.74. The van der Waals surface area contributed by atoms with Crippen molar-refractivity contribution in [3.8, 4) is 11.5 Å². The van der Waals surface area contributed by atoms with Gasteiger partial charge in [0, 0.05) is 19.0 Å². The number of nitrogens with one attached hydrogen (secondary N) is 1. The standard InChI is InChI=1S/C23H36N2O5Si/c1-8-9-10-29-20-12-16-17(13-19(20)28-5)24-21(26)18-11-15(14-25(18)22(16)27)30-31(6,7)23(2,3)4/h12-13,15,18H,8-11,14H2,1-7H3,(H,24,26)/t15-,18+/m1/s1. The van der Waals surface area contributed by atoms with Gasteiger partial charge in [0.05, 0.1) is 31.1 Å². The van der Waals surface area contributed by atoms with E-state index in [0.717, 1.165) is 12.8 Å². The number of benzene rings is 1. The van der Waals surface area contributed by atoms with Gasteiger partial charge in [-0.3, -0.25) is 9.59 Å². The van der Waals surface area contributed by atoms with Crippen LogP contribution in [-0.2, 0) is 9.22 Å². The van der Waals surface area contributed by atoms with Crippen LogP contribution >= 0.6 is 0 Å². The topological polar surface area (TPSA) is 77.1 Å². The lowest BCUT2D eigenvalue weighted by atomic mass is 10.1. The molecule has 0 saturated carbocycles. The number of ether oxygens (including phenoxy) is 2. The van der Waals surface area contributed by atoms with Gasteiger partial charge in [0.2, 0.25) is 5.91 Å². The number of hydrogen-bond acceptors (Lipinski definition) is 5. The van der Waals surface area contributed by atoms with Crippen LogP contribution in [0.4, 0.5) is 5.69 Å². The molecule has 1 N–H and O–H groups in total. The lowest BCUT2D eigenvalue weighted by Gasteiger charge is -2.38. The number of nitrogens with zero attached hydrogens (tertiary/aromatic N) is 1. The second kappa shape index (κ2) is 8.82. The third-order valence-corrected chi connectivity index (χ3v) is 11.2. The normalized spacial score (nSPS) is 21.3. The molecule has 0 radical (unpaired) electrons. The van der Waals surface area contributed by atoms with Gasteiger partial charge < -0.3 is 24.1 Å². The van der Waals surface area contributed by atoms with Crippen LogP contribution in [0.5, 0.6) is 11.5 Å². The predicted molar refractivity (Wildman–Crippen MR) is 124 cm³/mol. The van der Waals surface area contributed by atoms with E-state index in [2.05, 4.69) is 46.1 Å². The Morgan fingerprint density at radius 2 is 1.90 bits per heavy atom. The molecule has 0 aliphatic carbocycles. The van der Waals surface area contributed by atoms with E-state index in [1.165, 1.54) is 0 Å². The average molecular weight is 449 g/mol. The molecule has 0 unspecified atom stereocenters. The summed E-state index contributed by atoms with van der Waals surface area (Å²) in [6.45, 7) is 14.0. The van der Waals surface area contributed by atoms with Crippen molar-refractivity contribution in [2.75, 3.05) is 25.6 Å². The van der Waals surface area contributed by atoms with Gasteiger partial charge in [-0.2, -0.15) is 0 Å². The number of hydrogen-bond donors (Lipinski definition) is 1. The molecule has 0 bridgehead atoms. The predicted octanol–water partition coefficient (Wildman–Crippen LogP) is 4.43. The maximum atomic E-state index is 13.4. The van der Waals surface area contributed by atoms with Crippen molar-refractivity contribution in [1.29, 1.82) is 0 Å². The summed E-state index contributed by atoms with van der Waals surface area (Å²) in [6, 6.07) is 2.83. The summed E-state index contributed by atoms with van der Waals surface area (Å²) in [5.74, 6) is 0.658. The van der Waals surface area contributed by atoms with Crippen LogP contribution in [0, 0.1) is 0 Å². The highest BCUT2D eigenvalue weighted by Gasteiger charge is 2.47. The Morgan fingerprint density at radius 1 is 1.19 bits per heavy atom. The first-order valence-electron chi connectivity index (χ1n) is 11.1. The first-order valence-corrected chi connectivity index (χ1v) is 14.0. The van der Waals surface area contributed by atoms with Gasteiger partial charge in [-0.1, -0.05) is 34.1 Å². The SMILES string of the molecule is CCCCOc1cc2c(cc1OC)NC(=O)[C@@H]1C[C@@H](O[Si](C)(C)C(C)(C)C)CN1C2=O. The van der Waals surface area contributed by atoms with E-state index in [1.54, 1.807) is 24.1 Å². The van der Waals surface area contributed by atoms with Crippen LogP contribution in [0.2, 0.25) is 18.1 Å². The fraction of sp³-hybridized carbons (Fsp3) is 0.652. The monoisotopic (exact) mass is 448 g/mol. The molecule has 2 aliphatic rings. The largest absolute Gasteiger partial charge is 0.493 e. The van der Waals surface area contributed by atoms with Gasteiger partial charge >= 0.3 is 0 Å². The fourth-order valence-corrected chi connectivity index (χ4v) is 5.12. The molecule has 8 heteroatoms. The molecule has 0 spiro atoms. The quantitative estimate of drug-likeness (QED) is 0.493. The van der Waals surface area contributed by atoms with Crippen molar-refractivity contribution >= 4 is 25.8 Å². The highest BCUT2D eigenvalue weighted by atomic mass is 28.4. The Bertz CT molecular complexity index is 849. The zero-order valence-electron chi connectivity index (χ0n) is 19.8. The third kappa shape index (κ3) is 4.74. The lowest BCUT2D eigenvalue weighted by Crippen LogP contribution is -2.44.